The van der Waals surface area contributed by atoms with Gasteiger partial charge in [0.05, 0.1) is 29.1 Å². The minimum Gasteiger partial charge on any atom is -0.481 e. The number of aromatic nitrogens is 1. The Bertz CT molecular complexity index is 1370. The average molecular weight is 796 g/mol. The molecule has 0 amide bonds. The van der Waals surface area contributed by atoms with E-state index in [-0.39, 0.29) is 18.2 Å². The van der Waals surface area contributed by atoms with Crippen molar-refractivity contribution in [2.24, 2.45) is 23.0 Å². The number of carboxylic acid groups (broad SMARTS) is 1. The van der Waals surface area contributed by atoms with Crippen LogP contribution in [-0.4, -0.2) is 58.9 Å². The Hall–Kier alpha value is -1.73. The van der Waals surface area contributed by atoms with E-state index in [0.717, 1.165) is 29.3 Å². The van der Waals surface area contributed by atoms with Crippen molar-refractivity contribution >= 4 is 72.4 Å². The maximum Gasteiger partial charge on any atom is 0.509 e. The molecule has 1 heterocycles. The zero-order valence-corrected chi connectivity index (χ0v) is 35.3. The van der Waals surface area contributed by atoms with Crippen LogP contribution in [0.5, 0.6) is 0 Å². The number of Topliss-reactive ketones (excluding diaryl/α,β-unsaturated/α-hetero) is 1. The molecule has 5 atom stereocenters. The van der Waals surface area contributed by atoms with Crippen LogP contribution in [0.1, 0.15) is 92.3 Å². The van der Waals surface area contributed by atoms with Crippen molar-refractivity contribution in [3.05, 3.63) is 52.0 Å². The molecule has 0 radical (unpaired) electrons. The summed E-state index contributed by atoms with van der Waals surface area (Å²) in [4.78, 5) is 45.3. The average Bonchev–Trinajstić information content (AvgIpc) is 3.48. The molecule has 284 valence electrons. The van der Waals surface area contributed by atoms with Crippen molar-refractivity contribution in [2.75, 3.05) is 6.61 Å². The molecule has 0 fully saturated rings. The Labute approximate surface area is 319 Å². The summed E-state index contributed by atoms with van der Waals surface area (Å²) in [5.74, 6) is -3.02. The van der Waals surface area contributed by atoms with E-state index in [9.17, 15) is 19.5 Å². The highest BCUT2D eigenvalue weighted by Crippen LogP contribution is 2.47. The summed E-state index contributed by atoms with van der Waals surface area (Å²) >= 11 is 19.0. The highest BCUT2D eigenvalue weighted by atomic mass is 35.6. The topological polar surface area (TPSA) is 138 Å². The van der Waals surface area contributed by atoms with Crippen LogP contribution in [0.2, 0.25) is 18.1 Å². The first-order valence-corrected chi connectivity index (χ1v) is 21.6. The van der Waals surface area contributed by atoms with Gasteiger partial charge in [-0.05, 0) is 51.7 Å². The third-order valence-electron chi connectivity index (χ3n) is 9.72. The van der Waals surface area contributed by atoms with Crippen LogP contribution < -0.4 is 5.73 Å². The third-order valence-corrected chi connectivity index (χ3v) is 15.5. The fourth-order valence-corrected chi connectivity index (χ4v) is 9.84. The van der Waals surface area contributed by atoms with E-state index in [1.807, 2.05) is 66.7 Å². The number of carbonyl (C=O) groups excluding carboxylic acids is 2. The Morgan fingerprint density at radius 2 is 1.68 bits per heavy atom. The van der Waals surface area contributed by atoms with E-state index in [4.69, 9.17) is 59.4 Å². The number of nitrogens with two attached hydrogens (primary N) is 1. The Morgan fingerprint density at radius 1 is 1.10 bits per heavy atom. The number of halogens is 3. The van der Waals surface area contributed by atoms with Gasteiger partial charge in [-0.2, -0.15) is 0 Å². The smallest absolute Gasteiger partial charge is 0.481 e. The van der Waals surface area contributed by atoms with Gasteiger partial charge in [-0.1, -0.05) is 119 Å². The fourth-order valence-electron chi connectivity index (χ4n) is 6.02. The molecule has 0 aromatic carbocycles. The molecular formula is C36H57Cl3N2O7SSi. The van der Waals surface area contributed by atoms with Gasteiger partial charge in [-0.25, -0.2) is 9.78 Å². The van der Waals surface area contributed by atoms with Gasteiger partial charge in [-0.15, -0.1) is 11.3 Å². The van der Waals surface area contributed by atoms with Crippen molar-refractivity contribution in [1.29, 1.82) is 0 Å². The number of ketones is 1. The van der Waals surface area contributed by atoms with Gasteiger partial charge in [0.1, 0.15) is 12.4 Å². The Kier molecular flexibility index (Phi) is 18.4. The maximum absolute atomic E-state index is 14.9. The van der Waals surface area contributed by atoms with Crippen molar-refractivity contribution in [2.45, 2.75) is 128 Å². The van der Waals surface area contributed by atoms with Gasteiger partial charge in [0.15, 0.2) is 13.9 Å². The normalized spacial score (nSPS) is 16.7. The fraction of sp³-hybridized carbons (Fsp3) is 0.667. The number of rotatable bonds is 21. The number of carbonyl (C=O) groups is 3. The lowest BCUT2D eigenvalue weighted by Gasteiger charge is -2.45. The molecule has 9 nitrogen and oxygen atoms in total. The largest absolute Gasteiger partial charge is 0.509 e. The van der Waals surface area contributed by atoms with Crippen LogP contribution in [-0.2, 0) is 29.1 Å². The monoisotopic (exact) mass is 794 g/mol. The first kappa shape index (κ1) is 46.3. The number of thiazole rings is 1. The highest BCUT2D eigenvalue weighted by molar-refractivity contribution is 7.09. The Morgan fingerprint density at radius 3 is 2.14 bits per heavy atom. The summed E-state index contributed by atoms with van der Waals surface area (Å²) in [6.07, 6.45) is 4.44. The van der Waals surface area contributed by atoms with Crippen LogP contribution in [0.3, 0.4) is 0 Å². The number of nitrogens with zero attached hydrogens (tertiary/aromatic N) is 1. The number of hydrogen-bond donors (Lipinski definition) is 2. The standard InChI is InChI=1S/C36H57Cl3N2O7SSi/c1-12-50(13-2,14-3)48-30(20-31(42)43)34(10,11)32(44)26(8)36(29-21-49-27(9)41-29,47-33(45)46-22-35(37,38)39)25(7)17-15-16-24(6)18-19-28(40)23(4)5/h15-16,18,21,25-26,28,30H,4,12-14,17,19-20,22,40H2,1-3,5-11H3,(H,42,43)/b16-15+,24-18-/t25-,26-,28-,30-,36-/m0/s1. The van der Waals surface area contributed by atoms with E-state index in [1.54, 1.807) is 26.2 Å². The highest BCUT2D eigenvalue weighted by Gasteiger charge is 2.56. The second kappa shape index (κ2) is 19.9. The zero-order valence-electron chi connectivity index (χ0n) is 31.2. The van der Waals surface area contributed by atoms with Gasteiger partial charge < -0.3 is 24.7 Å². The Balaban J connectivity index is 3.85. The minimum atomic E-state index is -2.37. The van der Waals surface area contributed by atoms with Crippen molar-refractivity contribution in [3.63, 3.8) is 0 Å². The van der Waals surface area contributed by atoms with E-state index < -0.39 is 59.8 Å². The van der Waals surface area contributed by atoms with E-state index >= 15 is 0 Å². The van der Waals surface area contributed by atoms with Crippen LogP contribution in [0, 0.1) is 24.2 Å². The molecule has 0 saturated heterocycles. The summed E-state index contributed by atoms with van der Waals surface area (Å²) in [6.45, 7) is 22.0. The lowest BCUT2D eigenvalue weighted by atomic mass is 9.66. The number of aryl methyl sites for hydroxylation is 1. The quantitative estimate of drug-likeness (QED) is 0.0409. The molecule has 1 aromatic heterocycles. The summed E-state index contributed by atoms with van der Waals surface area (Å²) in [6, 6.07) is 2.15. The maximum atomic E-state index is 14.9. The number of carboxylic acids is 1. The van der Waals surface area contributed by atoms with Crippen LogP contribution in [0.25, 0.3) is 0 Å². The molecule has 50 heavy (non-hydrogen) atoms. The molecule has 3 N–H and O–H groups in total. The number of hydrogen-bond acceptors (Lipinski definition) is 9. The molecule has 1 aromatic rings. The summed E-state index contributed by atoms with van der Waals surface area (Å²) < 4.78 is 16.3. The van der Waals surface area contributed by atoms with E-state index in [1.165, 1.54) is 11.3 Å². The predicted molar refractivity (Wildman–Crippen MR) is 208 cm³/mol. The van der Waals surface area contributed by atoms with Gasteiger partial charge in [0.25, 0.3) is 0 Å². The number of allylic oxidation sites excluding steroid dienone is 3. The molecule has 0 aliphatic carbocycles. The SMILES string of the molecule is C=C(C)[C@@H](N)C/C=C(C)\C=C\C[C@H](C)[C@@](OC(=O)OCC(Cl)(Cl)Cl)(c1csc(C)n1)[C@@H](C)C(=O)C(C)(C)[C@H](CC(=O)O)O[Si](CC)(CC)CC. The minimum absolute atomic E-state index is 0.158. The molecule has 0 unspecified atom stereocenters. The molecule has 14 heteroatoms. The summed E-state index contributed by atoms with van der Waals surface area (Å²) in [5.41, 5.74) is 5.37. The molecular weight excluding hydrogens is 739 g/mol. The molecule has 0 bridgehead atoms. The molecule has 0 saturated carbocycles. The number of alkyl halides is 3. The lowest BCUT2D eigenvalue weighted by molar-refractivity contribution is -0.157. The first-order valence-electron chi connectivity index (χ1n) is 17.0. The van der Waals surface area contributed by atoms with Gasteiger partial charge >= 0.3 is 12.1 Å². The summed E-state index contributed by atoms with van der Waals surface area (Å²) in [5, 5.41) is 12.4. The zero-order chi connectivity index (χ0) is 38.7. The van der Waals surface area contributed by atoms with Gasteiger partial charge in [-0.3, -0.25) is 9.59 Å². The van der Waals surface area contributed by atoms with Crippen molar-refractivity contribution < 1.29 is 33.4 Å². The predicted octanol–water partition coefficient (Wildman–Crippen LogP) is 10.1. The summed E-state index contributed by atoms with van der Waals surface area (Å²) in [7, 11) is -2.37. The second-order valence-electron chi connectivity index (χ2n) is 13.7. The molecule has 0 aliphatic rings. The van der Waals surface area contributed by atoms with Gasteiger partial charge in [0.2, 0.25) is 3.79 Å². The van der Waals surface area contributed by atoms with E-state index in [0.29, 0.717) is 23.5 Å². The second-order valence-corrected chi connectivity index (χ2v) is 22.0. The van der Waals surface area contributed by atoms with Crippen LogP contribution in [0.4, 0.5) is 4.79 Å². The number of ether oxygens (including phenoxy) is 2. The molecule has 0 spiro atoms. The van der Waals surface area contributed by atoms with Crippen molar-refractivity contribution in [1.82, 2.24) is 4.98 Å². The molecule has 0 aliphatic heterocycles. The van der Waals surface area contributed by atoms with Crippen molar-refractivity contribution in [3.8, 4) is 0 Å². The third kappa shape index (κ3) is 13.0. The molecule has 1 rings (SSSR count). The van der Waals surface area contributed by atoms with Gasteiger partial charge in [0, 0.05) is 22.8 Å². The number of aliphatic carboxylic acids is 1. The lowest BCUT2D eigenvalue weighted by Crippen LogP contribution is -2.55. The van der Waals surface area contributed by atoms with Crippen LogP contribution in [0.15, 0.2) is 41.3 Å². The van der Waals surface area contributed by atoms with E-state index in [2.05, 4.69) is 6.58 Å². The van der Waals surface area contributed by atoms with Crippen LogP contribution >= 0.6 is 46.1 Å². The first-order chi connectivity index (χ1) is 23.0.